The average molecular weight is 106 g/mol. The van der Waals surface area contributed by atoms with E-state index < -0.39 is 0 Å². The summed E-state index contributed by atoms with van der Waals surface area (Å²) < 4.78 is 9.97. The molecular weight excluding hydrogens is 103 g/mol. The standard InChI is InChI=1S/C2H3OPS/c1-2(5)4-3/h1H3. The third kappa shape index (κ3) is 4.19. The molecule has 0 aromatic rings. The first kappa shape index (κ1) is 5.19. The van der Waals surface area contributed by atoms with E-state index in [1.54, 1.807) is 6.92 Å². The Labute approximate surface area is 37.6 Å². The van der Waals surface area contributed by atoms with Crippen LogP contribution in [0.4, 0.5) is 0 Å². The second-order valence-corrected chi connectivity index (χ2v) is 2.38. The number of thiocarbonyl (C=S) groups is 1. The maximum Gasteiger partial charge on any atom is 0.199 e. The van der Waals surface area contributed by atoms with Crippen molar-refractivity contribution in [2.45, 2.75) is 6.92 Å². The van der Waals surface area contributed by atoms with Gasteiger partial charge in [-0.3, -0.25) is 4.57 Å². The maximum atomic E-state index is 9.46. The van der Waals surface area contributed by atoms with Crippen LogP contribution in [-0.4, -0.2) is 4.61 Å². The highest BCUT2D eigenvalue weighted by Crippen LogP contribution is 1.92. The molecule has 0 aliphatic rings. The van der Waals surface area contributed by atoms with Gasteiger partial charge in [0.05, 0.1) is 4.61 Å². The lowest BCUT2D eigenvalue weighted by Gasteiger charge is -1.59. The van der Waals surface area contributed by atoms with Crippen molar-refractivity contribution in [3.05, 3.63) is 0 Å². The van der Waals surface area contributed by atoms with Crippen LogP contribution in [0.1, 0.15) is 6.92 Å². The van der Waals surface area contributed by atoms with E-state index in [1.807, 2.05) is 0 Å². The first-order chi connectivity index (χ1) is 2.27. The molecule has 0 aliphatic heterocycles. The van der Waals surface area contributed by atoms with Gasteiger partial charge in [0, 0.05) is 0 Å². The molecule has 0 spiro atoms. The van der Waals surface area contributed by atoms with Crippen LogP contribution in [0, 0.1) is 0 Å². The van der Waals surface area contributed by atoms with Gasteiger partial charge in [-0.15, -0.1) is 0 Å². The predicted octanol–water partition coefficient (Wildman–Crippen LogP) is 1.63. The van der Waals surface area contributed by atoms with Crippen LogP contribution in [-0.2, 0) is 4.57 Å². The maximum absolute atomic E-state index is 9.46. The van der Waals surface area contributed by atoms with Crippen molar-refractivity contribution in [3.63, 3.8) is 0 Å². The predicted molar refractivity (Wildman–Crippen MR) is 25.9 cm³/mol. The third-order valence-electron chi connectivity index (χ3n) is 0.129. The van der Waals surface area contributed by atoms with Crippen LogP contribution in [0.25, 0.3) is 0 Å². The number of hydrogen-bond donors (Lipinski definition) is 0. The zero-order chi connectivity index (χ0) is 4.28. The van der Waals surface area contributed by atoms with E-state index in [2.05, 4.69) is 12.2 Å². The molecule has 28 valence electrons. The minimum atomic E-state index is -0.0216. The summed E-state index contributed by atoms with van der Waals surface area (Å²) in [5.74, 6) is 0. The molecular formula is C2H3OPS. The van der Waals surface area contributed by atoms with Gasteiger partial charge in [0.25, 0.3) is 0 Å². The lowest BCUT2D eigenvalue weighted by molar-refractivity contribution is 0.604. The molecule has 5 heavy (non-hydrogen) atoms. The fourth-order valence-corrected chi connectivity index (χ4v) is 0. The molecule has 0 bridgehead atoms. The van der Waals surface area contributed by atoms with Gasteiger partial charge in [-0.1, -0.05) is 12.2 Å². The molecule has 0 amide bonds. The van der Waals surface area contributed by atoms with Gasteiger partial charge in [-0.25, -0.2) is 0 Å². The lowest BCUT2D eigenvalue weighted by atomic mass is 11.0. The smallest absolute Gasteiger partial charge is 0.199 e. The summed E-state index contributed by atoms with van der Waals surface area (Å²) in [5.41, 5.74) is 0. The summed E-state index contributed by atoms with van der Waals surface area (Å²) >= 11 is 4.37. The Morgan fingerprint density at radius 3 is 2.20 bits per heavy atom. The first-order valence-corrected chi connectivity index (χ1v) is 2.33. The van der Waals surface area contributed by atoms with Gasteiger partial charge in [0.2, 0.25) is 0 Å². The van der Waals surface area contributed by atoms with Crippen LogP contribution in [0.2, 0.25) is 0 Å². The zero-order valence-electron chi connectivity index (χ0n) is 2.76. The van der Waals surface area contributed by atoms with Gasteiger partial charge in [0.1, 0.15) is 0 Å². The zero-order valence-corrected chi connectivity index (χ0v) is 4.47. The minimum absolute atomic E-state index is 0.0216. The molecule has 0 rings (SSSR count). The van der Waals surface area contributed by atoms with E-state index in [-0.39, 0.29) is 8.46 Å². The topological polar surface area (TPSA) is 17.1 Å². The van der Waals surface area contributed by atoms with Crippen molar-refractivity contribution in [3.8, 4) is 0 Å². The molecule has 3 heteroatoms. The highest BCUT2D eigenvalue weighted by Gasteiger charge is 1.72. The molecule has 0 heterocycles. The van der Waals surface area contributed by atoms with Crippen molar-refractivity contribution < 1.29 is 4.57 Å². The van der Waals surface area contributed by atoms with E-state index in [4.69, 9.17) is 0 Å². The molecule has 0 N–H and O–H groups in total. The molecule has 1 nitrogen and oxygen atoms in total. The second-order valence-electron chi connectivity index (χ2n) is 0.610. The number of hydrogen-bond acceptors (Lipinski definition) is 2. The summed E-state index contributed by atoms with van der Waals surface area (Å²) in [6.07, 6.45) is 0. The summed E-state index contributed by atoms with van der Waals surface area (Å²) in [4.78, 5) is 0. The monoisotopic (exact) mass is 106 g/mol. The Morgan fingerprint density at radius 2 is 2.20 bits per heavy atom. The largest absolute Gasteiger partial charge is 0.269 e. The van der Waals surface area contributed by atoms with Crippen LogP contribution in [0.15, 0.2) is 0 Å². The Bertz CT molecular complexity index is 60.7. The number of rotatable bonds is 1. The van der Waals surface area contributed by atoms with Gasteiger partial charge in [-0.05, 0) is 6.92 Å². The van der Waals surface area contributed by atoms with Crippen molar-refractivity contribution in [1.29, 1.82) is 0 Å². The molecule has 0 aliphatic carbocycles. The van der Waals surface area contributed by atoms with Crippen LogP contribution in [0.3, 0.4) is 0 Å². The van der Waals surface area contributed by atoms with Crippen LogP contribution in [0.5, 0.6) is 0 Å². The Kier molecular flexibility index (Phi) is 2.52. The quantitative estimate of drug-likeness (QED) is 0.373. The fourth-order valence-electron chi connectivity index (χ4n) is 0. The Hall–Kier alpha value is 0.190. The Morgan fingerprint density at radius 1 is 2.00 bits per heavy atom. The molecule has 0 atom stereocenters. The van der Waals surface area contributed by atoms with E-state index in [0.717, 1.165) is 0 Å². The highest BCUT2D eigenvalue weighted by molar-refractivity contribution is 7.90. The van der Waals surface area contributed by atoms with E-state index in [0.29, 0.717) is 4.61 Å². The molecule has 0 fully saturated rings. The average Bonchev–Trinajstić information content (AvgIpc) is 1.38. The Balaban J connectivity index is 3.20. The SMILES string of the molecule is CC(=S)P=O. The lowest BCUT2D eigenvalue weighted by Crippen LogP contribution is -1.57. The molecule has 0 aromatic heterocycles. The van der Waals surface area contributed by atoms with Crippen LogP contribution < -0.4 is 0 Å². The molecule has 0 radical (unpaired) electrons. The van der Waals surface area contributed by atoms with E-state index >= 15 is 0 Å². The summed E-state index contributed by atoms with van der Waals surface area (Å²) in [7, 11) is -0.0216. The summed E-state index contributed by atoms with van der Waals surface area (Å²) in [5, 5.41) is 0. The fraction of sp³-hybridized carbons (Fsp3) is 0.500. The van der Waals surface area contributed by atoms with Crippen molar-refractivity contribution in [2.24, 2.45) is 0 Å². The molecule has 0 saturated heterocycles. The van der Waals surface area contributed by atoms with Crippen molar-refractivity contribution in [2.75, 3.05) is 0 Å². The van der Waals surface area contributed by atoms with E-state index in [9.17, 15) is 4.57 Å². The third-order valence-corrected chi connectivity index (χ3v) is 0.609. The summed E-state index contributed by atoms with van der Waals surface area (Å²) in [6.45, 7) is 1.63. The minimum Gasteiger partial charge on any atom is -0.269 e. The molecule has 0 saturated carbocycles. The van der Waals surface area contributed by atoms with Gasteiger partial charge in [0.15, 0.2) is 8.46 Å². The normalized spacial score (nSPS) is 8.20. The summed E-state index contributed by atoms with van der Waals surface area (Å²) in [6, 6.07) is 0. The molecule has 0 aromatic carbocycles. The van der Waals surface area contributed by atoms with Crippen LogP contribution >= 0.6 is 20.7 Å². The first-order valence-electron chi connectivity index (χ1n) is 1.11. The van der Waals surface area contributed by atoms with Crippen molar-refractivity contribution >= 4 is 25.3 Å². The second kappa shape index (κ2) is 2.43. The van der Waals surface area contributed by atoms with Gasteiger partial charge >= 0.3 is 0 Å². The highest BCUT2D eigenvalue weighted by atomic mass is 32.1. The van der Waals surface area contributed by atoms with Gasteiger partial charge < -0.3 is 0 Å². The molecule has 0 unspecified atom stereocenters. The van der Waals surface area contributed by atoms with E-state index in [1.165, 1.54) is 0 Å². The van der Waals surface area contributed by atoms with Gasteiger partial charge in [-0.2, -0.15) is 0 Å². The van der Waals surface area contributed by atoms with Crippen molar-refractivity contribution in [1.82, 2.24) is 0 Å².